The summed E-state index contributed by atoms with van der Waals surface area (Å²) in [6.07, 6.45) is 6.09. The molecule has 0 amide bonds. The lowest BCUT2D eigenvalue weighted by Gasteiger charge is -2.32. The summed E-state index contributed by atoms with van der Waals surface area (Å²) in [4.78, 5) is 17.2. The summed E-state index contributed by atoms with van der Waals surface area (Å²) in [7, 11) is 0. The standard InChI is InChI=1S/C13H17ClN4O2/c14-9-7-12(18(19)20)13(15-8-9)16-10-4-6-17-5-2-1-3-11(10)17/h7-8,10-11H,1-6H2,(H,15,16). The van der Waals surface area contributed by atoms with Crippen molar-refractivity contribution in [1.29, 1.82) is 0 Å². The van der Waals surface area contributed by atoms with Crippen LogP contribution in [-0.4, -0.2) is 40.0 Å². The summed E-state index contributed by atoms with van der Waals surface area (Å²) in [6.45, 7) is 2.20. The van der Waals surface area contributed by atoms with Gasteiger partial charge in [-0.1, -0.05) is 18.0 Å². The normalized spacial score (nSPS) is 26.2. The highest BCUT2D eigenvalue weighted by Crippen LogP contribution is 2.32. The molecule has 1 aromatic heterocycles. The van der Waals surface area contributed by atoms with Crippen LogP contribution < -0.4 is 5.32 Å². The molecule has 2 saturated heterocycles. The Morgan fingerprint density at radius 3 is 3.05 bits per heavy atom. The van der Waals surface area contributed by atoms with Gasteiger partial charge in [0.25, 0.3) is 0 Å². The molecular weight excluding hydrogens is 280 g/mol. The summed E-state index contributed by atoms with van der Waals surface area (Å²) in [5.41, 5.74) is -0.0493. The van der Waals surface area contributed by atoms with Gasteiger partial charge in [0.05, 0.1) is 9.95 Å². The van der Waals surface area contributed by atoms with E-state index >= 15 is 0 Å². The maximum Gasteiger partial charge on any atom is 0.312 e. The fourth-order valence-corrected chi connectivity index (χ4v) is 3.42. The molecule has 0 radical (unpaired) electrons. The number of aromatic nitrogens is 1. The van der Waals surface area contributed by atoms with E-state index in [0.717, 1.165) is 25.9 Å². The lowest BCUT2D eigenvalue weighted by Crippen LogP contribution is -2.41. The van der Waals surface area contributed by atoms with E-state index in [1.807, 2.05) is 0 Å². The third-order valence-electron chi connectivity index (χ3n) is 4.21. The van der Waals surface area contributed by atoms with Crippen molar-refractivity contribution in [3.8, 4) is 0 Å². The van der Waals surface area contributed by atoms with Crippen molar-refractivity contribution in [1.82, 2.24) is 9.88 Å². The molecule has 0 saturated carbocycles. The van der Waals surface area contributed by atoms with E-state index in [1.54, 1.807) is 0 Å². The van der Waals surface area contributed by atoms with Gasteiger partial charge in [-0.3, -0.25) is 15.0 Å². The summed E-state index contributed by atoms with van der Waals surface area (Å²) >= 11 is 5.79. The number of nitro groups is 1. The predicted molar refractivity (Wildman–Crippen MR) is 77.1 cm³/mol. The highest BCUT2D eigenvalue weighted by molar-refractivity contribution is 6.30. The molecular formula is C13H17ClN4O2. The molecule has 1 aromatic rings. The second kappa shape index (κ2) is 5.54. The van der Waals surface area contributed by atoms with E-state index in [2.05, 4.69) is 15.2 Å². The molecule has 6 nitrogen and oxygen atoms in total. The smallest absolute Gasteiger partial charge is 0.312 e. The zero-order valence-electron chi connectivity index (χ0n) is 11.1. The van der Waals surface area contributed by atoms with Gasteiger partial charge in [0, 0.05) is 30.9 Å². The fourth-order valence-electron chi connectivity index (χ4n) is 3.27. The summed E-state index contributed by atoms with van der Waals surface area (Å²) in [5.74, 6) is 0.330. The Bertz CT molecular complexity index is 525. The fraction of sp³-hybridized carbons (Fsp3) is 0.615. The molecule has 3 rings (SSSR count). The third-order valence-corrected chi connectivity index (χ3v) is 4.42. The van der Waals surface area contributed by atoms with Crippen LogP contribution in [0.25, 0.3) is 0 Å². The molecule has 0 aliphatic carbocycles. The van der Waals surface area contributed by atoms with E-state index in [4.69, 9.17) is 11.6 Å². The van der Waals surface area contributed by atoms with Gasteiger partial charge in [-0.2, -0.15) is 0 Å². The second-order valence-corrected chi connectivity index (χ2v) is 5.85. The molecule has 0 bridgehead atoms. The Labute approximate surface area is 122 Å². The van der Waals surface area contributed by atoms with Crippen LogP contribution in [0.3, 0.4) is 0 Å². The lowest BCUT2D eigenvalue weighted by atomic mass is 9.99. The number of rotatable bonds is 3. The van der Waals surface area contributed by atoms with E-state index in [1.165, 1.54) is 25.1 Å². The van der Waals surface area contributed by atoms with E-state index in [9.17, 15) is 10.1 Å². The zero-order chi connectivity index (χ0) is 14.1. The van der Waals surface area contributed by atoms with Crippen molar-refractivity contribution < 1.29 is 4.92 Å². The Hall–Kier alpha value is -1.40. The molecule has 1 N–H and O–H groups in total. The molecule has 0 spiro atoms. The first-order valence-corrected chi connectivity index (χ1v) is 7.33. The molecule has 2 aliphatic heterocycles. The minimum atomic E-state index is -0.436. The van der Waals surface area contributed by atoms with Gasteiger partial charge in [-0.05, 0) is 25.8 Å². The average molecular weight is 297 g/mol. The average Bonchev–Trinajstić information content (AvgIpc) is 2.84. The Balaban J connectivity index is 1.79. The van der Waals surface area contributed by atoms with Gasteiger partial charge in [0.2, 0.25) is 5.82 Å². The Morgan fingerprint density at radius 1 is 1.40 bits per heavy atom. The van der Waals surface area contributed by atoms with Crippen LogP contribution in [0.4, 0.5) is 11.5 Å². The minimum absolute atomic E-state index is 0.0493. The largest absolute Gasteiger partial charge is 0.360 e. The number of nitrogens with one attached hydrogen (secondary N) is 1. The highest BCUT2D eigenvalue weighted by Gasteiger charge is 2.36. The van der Waals surface area contributed by atoms with Crippen LogP contribution in [0.5, 0.6) is 0 Å². The number of anilines is 1. The summed E-state index contributed by atoms with van der Waals surface area (Å²) < 4.78 is 0. The highest BCUT2D eigenvalue weighted by atomic mass is 35.5. The van der Waals surface area contributed by atoms with E-state index in [-0.39, 0.29) is 16.8 Å². The van der Waals surface area contributed by atoms with Crippen LogP contribution in [0, 0.1) is 10.1 Å². The zero-order valence-corrected chi connectivity index (χ0v) is 11.8. The summed E-state index contributed by atoms with van der Waals surface area (Å²) in [5, 5.41) is 14.6. The molecule has 3 heterocycles. The number of hydrogen-bond acceptors (Lipinski definition) is 5. The van der Waals surface area contributed by atoms with Gasteiger partial charge in [0.15, 0.2) is 0 Å². The maximum atomic E-state index is 11.1. The number of piperidine rings is 1. The van der Waals surface area contributed by atoms with Crippen molar-refractivity contribution >= 4 is 23.1 Å². The maximum absolute atomic E-state index is 11.1. The number of nitrogens with zero attached hydrogens (tertiary/aromatic N) is 3. The monoisotopic (exact) mass is 296 g/mol. The van der Waals surface area contributed by atoms with Crippen LogP contribution in [0.2, 0.25) is 5.02 Å². The molecule has 2 atom stereocenters. The molecule has 108 valence electrons. The van der Waals surface area contributed by atoms with Gasteiger partial charge in [0.1, 0.15) is 0 Å². The molecule has 2 fully saturated rings. The number of pyridine rings is 1. The predicted octanol–water partition coefficient (Wildman–Crippen LogP) is 2.68. The van der Waals surface area contributed by atoms with E-state index in [0.29, 0.717) is 11.9 Å². The number of halogens is 1. The number of hydrogen-bond donors (Lipinski definition) is 1. The van der Waals surface area contributed by atoms with Crippen molar-refractivity contribution in [2.45, 2.75) is 37.8 Å². The van der Waals surface area contributed by atoms with Crippen LogP contribution >= 0.6 is 11.6 Å². The number of fused-ring (bicyclic) bond motifs is 1. The van der Waals surface area contributed by atoms with Crippen LogP contribution in [0.1, 0.15) is 25.7 Å². The Morgan fingerprint density at radius 2 is 2.25 bits per heavy atom. The first-order valence-electron chi connectivity index (χ1n) is 6.95. The van der Waals surface area contributed by atoms with Crippen molar-refractivity contribution in [2.24, 2.45) is 0 Å². The van der Waals surface area contributed by atoms with Gasteiger partial charge >= 0.3 is 5.69 Å². The second-order valence-electron chi connectivity index (χ2n) is 5.42. The minimum Gasteiger partial charge on any atom is -0.360 e. The molecule has 7 heteroatoms. The van der Waals surface area contributed by atoms with Gasteiger partial charge in [-0.25, -0.2) is 4.98 Å². The van der Waals surface area contributed by atoms with E-state index < -0.39 is 4.92 Å². The molecule has 20 heavy (non-hydrogen) atoms. The first kappa shape index (κ1) is 13.6. The lowest BCUT2D eigenvalue weighted by molar-refractivity contribution is -0.384. The Kier molecular flexibility index (Phi) is 3.76. The quantitative estimate of drug-likeness (QED) is 0.686. The topological polar surface area (TPSA) is 71.3 Å². The van der Waals surface area contributed by atoms with Crippen molar-refractivity contribution in [2.75, 3.05) is 18.4 Å². The summed E-state index contributed by atoms with van der Waals surface area (Å²) in [6, 6.07) is 2.06. The molecule has 2 unspecified atom stereocenters. The van der Waals surface area contributed by atoms with Crippen LogP contribution in [-0.2, 0) is 0 Å². The molecule has 2 aliphatic rings. The van der Waals surface area contributed by atoms with Crippen LogP contribution in [0.15, 0.2) is 12.3 Å². The van der Waals surface area contributed by atoms with Crippen molar-refractivity contribution in [3.63, 3.8) is 0 Å². The van der Waals surface area contributed by atoms with Gasteiger partial charge in [-0.15, -0.1) is 0 Å². The molecule has 0 aromatic carbocycles. The third kappa shape index (κ3) is 2.58. The van der Waals surface area contributed by atoms with Gasteiger partial charge < -0.3 is 5.32 Å². The van der Waals surface area contributed by atoms with Crippen molar-refractivity contribution in [3.05, 3.63) is 27.4 Å². The SMILES string of the molecule is O=[N+]([O-])c1cc(Cl)cnc1NC1CCN2CCCCC12. The first-order chi connectivity index (χ1) is 9.65.